The summed E-state index contributed by atoms with van der Waals surface area (Å²) in [7, 11) is 0. The Hall–Kier alpha value is -2.13. The van der Waals surface area contributed by atoms with Crippen LogP contribution in [0.2, 0.25) is 5.02 Å². The molecule has 0 bridgehead atoms. The number of hydrogen-bond donors (Lipinski definition) is 1. The van der Waals surface area contributed by atoms with Gasteiger partial charge < -0.3 is 5.32 Å². The van der Waals surface area contributed by atoms with Gasteiger partial charge in [-0.3, -0.25) is 0 Å². The molecule has 1 heterocycles. The lowest BCUT2D eigenvalue weighted by atomic mass is 10.0. The van der Waals surface area contributed by atoms with Crippen LogP contribution in [0.1, 0.15) is 30.9 Å². The van der Waals surface area contributed by atoms with Crippen LogP contribution >= 0.6 is 11.6 Å². The van der Waals surface area contributed by atoms with Gasteiger partial charge in [0.15, 0.2) is 0 Å². The number of nitrogens with one attached hydrogen (secondary N) is 1. The summed E-state index contributed by atoms with van der Waals surface area (Å²) >= 11 is 6.01. The van der Waals surface area contributed by atoms with E-state index >= 15 is 0 Å². The van der Waals surface area contributed by atoms with Crippen molar-refractivity contribution in [3.8, 4) is 0 Å². The molecule has 0 aliphatic carbocycles. The van der Waals surface area contributed by atoms with Gasteiger partial charge in [0, 0.05) is 17.0 Å². The Morgan fingerprint density at radius 2 is 1.83 bits per heavy atom. The molecule has 4 heteroatoms. The summed E-state index contributed by atoms with van der Waals surface area (Å²) in [5.74, 6) is 1.42. The third-order valence-electron chi connectivity index (χ3n) is 3.95. The third kappa shape index (κ3) is 3.80. The van der Waals surface area contributed by atoms with Gasteiger partial charge in [0.25, 0.3) is 0 Å². The van der Waals surface area contributed by atoms with Crippen molar-refractivity contribution in [3.63, 3.8) is 0 Å². The molecule has 23 heavy (non-hydrogen) atoms. The highest BCUT2D eigenvalue weighted by Crippen LogP contribution is 2.22. The molecular formula is C19H20ClN3. The van der Waals surface area contributed by atoms with E-state index < -0.39 is 0 Å². The van der Waals surface area contributed by atoms with Crippen LogP contribution in [0.15, 0.2) is 48.8 Å². The molecule has 3 rings (SSSR count). The molecular weight excluding hydrogens is 306 g/mol. The summed E-state index contributed by atoms with van der Waals surface area (Å²) in [6, 6.07) is 14.5. The van der Waals surface area contributed by atoms with E-state index in [1.54, 1.807) is 6.33 Å². The van der Waals surface area contributed by atoms with Gasteiger partial charge in [-0.1, -0.05) is 49.7 Å². The van der Waals surface area contributed by atoms with E-state index in [1.807, 2.05) is 18.2 Å². The van der Waals surface area contributed by atoms with Crippen molar-refractivity contribution < 1.29 is 0 Å². The maximum absolute atomic E-state index is 6.01. The minimum absolute atomic E-state index is 0.571. The molecule has 3 nitrogen and oxygen atoms in total. The number of aromatic nitrogens is 2. The van der Waals surface area contributed by atoms with Crippen molar-refractivity contribution in [1.29, 1.82) is 0 Å². The second-order valence-electron chi connectivity index (χ2n) is 5.96. The normalized spacial score (nSPS) is 11.1. The van der Waals surface area contributed by atoms with Crippen LogP contribution in [0, 0.1) is 0 Å². The molecule has 118 valence electrons. The zero-order valence-corrected chi connectivity index (χ0v) is 14.1. The summed E-state index contributed by atoms with van der Waals surface area (Å²) in [6.07, 6.45) is 2.52. The van der Waals surface area contributed by atoms with Crippen molar-refractivity contribution in [2.24, 2.45) is 0 Å². The number of hydrogen-bond acceptors (Lipinski definition) is 3. The maximum atomic E-state index is 6.01. The van der Waals surface area contributed by atoms with Gasteiger partial charge in [-0.15, -0.1) is 0 Å². The number of halogens is 1. The molecule has 0 aliphatic rings. The molecule has 0 saturated heterocycles. The fourth-order valence-electron chi connectivity index (χ4n) is 2.57. The highest BCUT2D eigenvalue weighted by Gasteiger charge is 2.04. The largest absolute Gasteiger partial charge is 0.369 e. The first-order valence-electron chi connectivity index (χ1n) is 7.86. The Labute approximate surface area is 141 Å². The lowest BCUT2D eigenvalue weighted by Crippen LogP contribution is -2.07. The first-order chi connectivity index (χ1) is 11.1. The van der Waals surface area contributed by atoms with E-state index in [1.165, 1.54) is 11.1 Å². The molecule has 1 N–H and O–H groups in total. The lowest BCUT2D eigenvalue weighted by molar-refractivity contribution is 0.864. The van der Waals surface area contributed by atoms with Crippen molar-refractivity contribution >= 4 is 28.3 Å². The highest BCUT2D eigenvalue weighted by molar-refractivity contribution is 6.31. The van der Waals surface area contributed by atoms with Crippen molar-refractivity contribution in [1.82, 2.24) is 9.97 Å². The summed E-state index contributed by atoms with van der Waals surface area (Å²) in [6.45, 7) is 5.25. The Morgan fingerprint density at radius 3 is 2.57 bits per heavy atom. The Balaban J connectivity index is 1.67. The maximum Gasteiger partial charge on any atom is 0.137 e. The molecule has 3 aromatic rings. The average Bonchev–Trinajstić information content (AvgIpc) is 2.55. The number of benzene rings is 2. The van der Waals surface area contributed by atoms with Crippen LogP contribution in [-0.4, -0.2) is 16.5 Å². The van der Waals surface area contributed by atoms with E-state index in [0.717, 1.165) is 29.7 Å². The van der Waals surface area contributed by atoms with Crippen molar-refractivity contribution in [2.45, 2.75) is 26.2 Å². The van der Waals surface area contributed by atoms with Crippen molar-refractivity contribution in [2.75, 3.05) is 11.9 Å². The van der Waals surface area contributed by atoms with Gasteiger partial charge in [-0.05, 0) is 41.7 Å². The molecule has 0 saturated carbocycles. The van der Waals surface area contributed by atoms with Gasteiger partial charge in [-0.25, -0.2) is 9.97 Å². The summed E-state index contributed by atoms with van der Waals surface area (Å²) in [5, 5.41) is 5.08. The minimum Gasteiger partial charge on any atom is -0.369 e. The first kappa shape index (κ1) is 15.8. The van der Waals surface area contributed by atoms with Crippen molar-refractivity contribution in [3.05, 3.63) is 64.9 Å². The smallest absolute Gasteiger partial charge is 0.137 e. The highest BCUT2D eigenvalue weighted by atomic mass is 35.5. The molecule has 0 aliphatic heterocycles. The number of fused-ring (bicyclic) bond motifs is 1. The number of rotatable bonds is 5. The SMILES string of the molecule is CC(C)c1ccc(CCNc2ncnc3cc(Cl)ccc23)cc1. The summed E-state index contributed by atoms with van der Waals surface area (Å²) in [4.78, 5) is 8.60. The van der Waals surface area contributed by atoms with Crippen LogP contribution in [0.3, 0.4) is 0 Å². The van der Waals surface area contributed by atoms with E-state index in [9.17, 15) is 0 Å². The Bertz CT molecular complexity index is 797. The number of nitrogens with zero attached hydrogens (tertiary/aromatic N) is 2. The number of anilines is 1. The summed E-state index contributed by atoms with van der Waals surface area (Å²) in [5.41, 5.74) is 3.56. The van der Waals surface area contributed by atoms with Crippen LogP contribution in [-0.2, 0) is 6.42 Å². The molecule has 0 fully saturated rings. The van der Waals surface area contributed by atoms with E-state index in [4.69, 9.17) is 11.6 Å². The monoisotopic (exact) mass is 325 g/mol. The van der Waals surface area contributed by atoms with Gasteiger partial charge in [0.05, 0.1) is 5.52 Å². The fraction of sp³-hybridized carbons (Fsp3) is 0.263. The molecule has 0 spiro atoms. The molecule has 0 unspecified atom stereocenters. The molecule has 1 aromatic heterocycles. The Morgan fingerprint density at radius 1 is 1.04 bits per heavy atom. The quantitative estimate of drug-likeness (QED) is 0.712. The predicted molar refractivity (Wildman–Crippen MR) is 97.3 cm³/mol. The van der Waals surface area contributed by atoms with E-state index in [0.29, 0.717) is 10.9 Å². The zero-order chi connectivity index (χ0) is 16.2. The van der Waals surface area contributed by atoms with Gasteiger partial charge in [0.2, 0.25) is 0 Å². The van der Waals surface area contributed by atoms with Crippen LogP contribution < -0.4 is 5.32 Å². The molecule has 0 radical (unpaired) electrons. The second-order valence-corrected chi connectivity index (χ2v) is 6.39. The van der Waals surface area contributed by atoms with E-state index in [2.05, 4.69) is 53.4 Å². The standard InChI is InChI=1S/C19H20ClN3/c1-13(2)15-5-3-14(4-6-15)9-10-21-19-17-8-7-16(20)11-18(17)22-12-23-19/h3-8,11-13H,9-10H2,1-2H3,(H,21,22,23). The fourth-order valence-corrected chi connectivity index (χ4v) is 2.73. The van der Waals surface area contributed by atoms with Crippen LogP contribution in [0.5, 0.6) is 0 Å². The van der Waals surface area contributed by atoms with Crippen LogP contribution in [0.4, 0.5) is 5.82 Å². The van der Waals surface area contributed by atoms with Gasteiger partial charge in [-0.2, -0.15) is 0 Å². The zero-order valence-electron chi connectivity index (χ0n) is 13.4. The van der Waals surface area contributed by atoms with Gasteiger partial charge in [0.1, 0.15) is 12.1 Å². The molecule has 0 amide bonds. The summed E-state index contributed by atoms with van der Waals surface area (Å²) < 4.78 is 0. The topological polar surface area (TPSA) is 37.8 Å². The Kier molecular flexibility index (Phi) is 4.77. The minimum atomic E-state index is 0.571. The first-order valence-corrected chi connectivity index (χ1v) is 8.24. The molecule has 2 aromatic carbocycles. The third-order valence-corrected chi connectivity index (χ3v) is 4.19. The lowest BCUT2D eigenvalue weighted by Gasteiger charge is -2.10. The van der Waals surface area contributed by atoms with Crippen LogP contribution in [0.25, 0.3) is 10.9 Å². The predicted octanol–water partition coefficient (Wildman–Crippen LogP) is 5.06. The second kappa shape index (κ2) is 6.97. The van der Waals surface area contributed by atoms with E-state index in [-0.39, 0.29) is 0 Å². The molecule has 0 atom stereocenters. The van der Waals surface area contributed by atoms with Gasteiger partial charge >= 0.3 is 0 Å². The average molecular weight is 326 g/mol.